The molecule has 0 radical (unpaired) electrons. The number of carbonyl (C=O) groups excluding carboxylic acids is 1. The zero-order chi connectivity index (χ0) is 20.3. The Balaban J connectivity index is 1.38. The molecule has 0 bridgehead atoms. The number of hydrogen-bond acceptors (Lipinski definition) is 4. The summed E-state index contributed by atoms with van der Waals surface area (Å²) in [6.07, 6.45) is 6.02. The van der Waals surface area contributed by atoms with E-state index in [1.807, 2.05) is 19.1 Å². The lowest BCUT2D eigenvalue weighted by Crippen LogP contribution is -2.45. The molecule has 2 aromatic rings. The van der Waals surface area contributed by atoms with Gasteiger partial charge in [0, 0.05) is 30.7 Å². The molecular formula is C24H32N4O. The first kappa shape index (κ1) is 19.9. The van der Waals surface area contributed by atoms with Crippen molar-refractivity contribution in [2.24, 2.45) is 11.1 Å². The van der Waals surface area contributed by atoms with E-state index in [-0.39, 0.29) is 5.91 Å². The van der Waals surface area contributed by atoms with Crippen molar-refractivity contribution in [3.63, 3.8) is 0 Å². The summed E-state index contributed by atoms with van der Waals surface area (Å²) in [5, 5.41) is 0. The Kier molecular flexibility index (Phi) is 5.86. The normalized spacial score (nSPS) is 22.3. The summed E-state index contributed by atoms with van der Waals surface area (Å²) < 4.78 is 0. The third-order valence-electron chi connectivity index (χ3n) is 6.54. The van der Waals surface area contributed by atoms with Crippen LogP contribution in [0.5, 0.6) is 0 Å². The fourth-order valence-electron chi connectivity index (χ4n) is 5.08. The van der Waals surface area contributed by atoms with Gasteiger partial charge in [0.05, 0.1) is 5.56 Å². The van der Waals surface area contributed by atoms with Gasteiger partial charge in [-0.3, -0.25) is 4.79 Å². The van der Waals surface area contributed by atoms with Crippen LogP contribution in [0.3, 0.4) is 0 Å². The van der Waals surface area contributed by atoms with Crippen LogP contribution in [0.25, 0.3) is 0 Å². The van der Waals surface area contributed by atoms with Gasteiger partial charge >= 0.3 is 0 Å². The maximum atomic E-state index is 11.9. The number of piperidine rings is 1. The Morgan fingerprint density at radius 1 is 1.10 bits per heavy atom. The predicted octanol–water partition coefficient (Wildman–Crippen LogP) is 3.41. The number of primary amides is 1. The van der Waals surface area contributed by atoms with Gasteiger partial charge in [-0.05, 0) is 69.8 Å². The molecule has 1 aromatic carbocycles. The van der Waals surface area contributed by atoms with E-state index in [0.29, 0.717) is 11.0 Å². The van der Waals surface area contributed by atoms with Gasteiger partial charge in [0.25, 0.3) is 5.91 Å². The van der Waals surface area contributed by atoms with Crippen LogP contribution < -0.4 is 10.6 Å². The molecule has 2 fully saturated rings. The Morgan fingerprint density at radius 2 is 1.93 bits per heavy atom. The van der Waals surface area contributed by atoms with Crippen LogP contribution in [-0.2, 0) is 6.42 Å². The smallest absolute Gasteiger partial charge is 0.252 e. The molecule has 0 aliphatic carbocycles. The summed E-state index contributed by atoms with van der Waals surface area (Å²) in [6, 6.07) is 14.5. The van der Waals surface area contributed by atoms with Crippen molar-refractivity contribution < 1.29 is 4.79 Å². The second-order valence-electron chi connectivity index (χ2n) is 8.83. The van der Waals surface area contributed by atoms with Gasteiger partial charge in [-0.1, -0.05) is 30.3 Å². The van der Waals surface area contributed by atoms with Crippen molar-refractivity contribution >= 4 is 11.7 Å². The van der Waals surface area contributed by atoms with Gasteiger partial charge in [-0.25, -0.2) is 4.98 Å². The summed E-state index contributed by atoms with van der Waals surface area (Å²) in [5.41, 5.74) is 8.82. The monoisotopic (exact) mass is 392 g/mol. The van der Waals surface area contributed by atoms with E-state index in [1.54, 1.807) is 0 Å². The fourth-order valence-corrected chi connectivity index (χ4v) is 5.08. The molecule has 1 atom stereocenters. The minimum Gasteiger partial charge on any atom is -0.365 e. The zero-order valence-corrected chi connectivity index (χ0v) is 17.4. The second-order valence-corrected chi connectivity index (χ2v) is 8.83. The number of aromatic nitrogens is 1. The van der Waals surface area contributed by atoms with Gasteiger partial charge in [0.15, 0.2) is 0 Å². The lowest BCUT2D eigenvalue weighted by Gasteiger charge is -2.40. The maximum absolute atomic E-state index is 11.9. The molecule has 1 spiro atoms. The molecule has 1 amide bonds. The number of nitrogens with zero attached hydrogens (tertiary/aromatic N) is 3. The van der Waals surface area contributed by atoms with Gasteiger partial charge < -0.3 is 15.5 Å². The Bertz CT molecular complexity index is 853. The number of benzene rings is 1. The number of pyridine rings is 1. The highest BCUT2D eigenvalue weighted by molar-refractivity contribution is 5.97. The fraction of sp³-hybridized carbons (Fsp3) is 0.500. The Hall–Kier alpha value is -2.40. The number of rotatable bonds is 6. The van der Waals surface area contributed by atoms with Crippen molar-refractivity contribution in [3.8, 4) is 0 Å². The number of anilines is 1. The second kappa shape index (κ2) is 8.54. The summed E-state index contributed by atoms with van der Waals surface area (Å²) in [4.78, 5) is 21.5. The minimum absolute atomic E-state index is 0.311. The molecule has 154 valence electrons. The minimum atomic E-state index is -0.389. The van der Waals surface area contributed by atoms with Gasteiger partial charge in [-0.15, -0.1) is 0 Å². The number of nitrogens with two attached hydrogens (primary N) is 1. The molecule has 29 heavy (non-hydrogen) atoms. The van der Waals surface area contributed by atoms with Gasteiger partial charge in [0.2, 0.25) is 0 Å². The lowest BCUT2D eigenvalue weighted by atomic mass is 9.79. The van der Waals surface area contributed by atoms with Gasteiger partial charge in [-0.2, -0.15) is 0 Å². The van der Waals surface area contributed by atoms with Crippen LogP contribution in [0.15, 0.2) is 42.5 Å². The van der Waals surface area contributed by atoms with E-state index in [1.165, 1.54) is 31.4 Å². The highest BCUT2D eigenvalue weighted by Crippen LogP contribution is 2.41. The highest BCUT2D eigenvalue weighted by atomic mass is 16.1. The van der Waals surface area contributed by atoms with Crippen LogP contribution in [0, 0.1) is 12.3 Å². The largest absolute Gasteiger partial charge is 0.365 e. The predicted molar refractivity (Wildman–Crippen MR) is 117 cm³/mol. The van der Waals surface area contributed by atoms with Crippen molar-refractivity contribution in [1.29, 1.82) is 0 Å². The first-order valence-corrected chi connectivity index (χ1v) is 10.8. The first-order chi connectivity index (χ1) is 14.0. The van der Waals surface area contributed by atoms with Crippen LogP contribution in [0.4, 0.5) is 5.82 Å². The number of likely N-dealkylation sites (tertiary alicyclic amines) is 1. The summed E-state index contributed by atoms with van der Waals surface area (Å²) >= 11 is 0. The SMILES string of the molecule is Cc1ccc(C(N)=O)c(N2CC[C@@]3(CCCN(CCCc4ccccc4)C3)C2)n1. The Labute approximate surface area is 173 Å². The molecule has 0 saturated carbocycles. The average Bonchev–Trinajstić information content (AvgIpc) is 3.11. The van der Waals surface area contributed by atoms with Crippen molar-refractivity contribution in [2.75, 3.05) is 37.6 Å². The molecule has 2 N–H and O–H groups in total. The van der Waals surface area contributed by atoms with E-state index in [0.717, 1.165) is 50.5 Å². The number of carbonyl (C=O) groups is 1. The molecule has 5 heteroatoms. The topological polar surface area (TPSA) is 62.5 Å². The molecule has 2 aliphatic rings. The molecule has 2 aliphatic heterocycles. The van der Waals surface area contributed by atoms with Crippen molar-refractivity contribution in [3.05, 3.63) is 59.3 Å². The molecule has 5 nitrogen and oxygen atoms in total. The Morgan fingerprint density at radius 3 is 2.72 bits per heavy atom. The summed E-state index contributed by atoms with van der Waals surface area (Å²) in [5.74, 6) is 0.384. The average molecular weight is 393 g/mol. The van der Waals surface area contributed by atoms with Crippen LogP contribution in [0.1, 0.15) is 47.3 Å². The van der Waals surface area contributed by atoms with Crippen LogP contribution in [0.2, 0.25) is 0 Å². The summed E-state index contributed by atoms with van der Waals surface area (Å²) in [7, 11) is 0. The molecule has 2 saturated heterocycles. The standard InChI is InChI=1S/C24H32N4O/c1-19-10-11-21(22(25)29)23(26-19)28-16-13-24(18-28)12-6-15-27(17-24)14-5-9-20-7-3-2-4-8-20/h2-4,7-8,10-11H,5-6,9,12-18H2,1H3,(H2,25,29)/t24-/m1/s1. The maximum Gasteiger partial charge on any atom is 0.252 e. The molecule has 3 heterocycles. The van der Waals surface area contributed by atoms with E-state index >= 15 is 0 Å². The van der Waals surface area contributed by atoms with E-state index < -0.39 is 0 Å². The van der Waals surface area contributed by atoms with E-state index in [2.05, 4.69) is 45.1 Å². The number of amides is 1. The quantitative estimate of drug-likeness (QED) is 0.818. The third-order valence-corrected chi connectivity index (χ3v) is 6.54. The zero-order valence-electron chi connectivity index (χ0n) is 17.4. The number of hydrogen-bond donors (Lipinski definition) is 1. The number of aryl methyl sites for hydroxylation is 2. The first-order valence-electron chi connectivity index (χ1n) is 10.8. The van der Waals surface area contributed by atoms with Crippen molar-refractivity contribution in [2.45, 2.75) is 39.0 Å². The third kappa shape index (κ3) is 4.61. The molecule has 4 rings (SSSR count). The molecule has 0 unspecified atom stereocenters. The lowest BCUT2D eigenvalue weighted by molar-refractivity contribution is 0.0998. The van der Waals surface area contributed by atoms with Gasteiger partial charge in [0.1, 0.15) is 5.82 Å². The summed E-state index contributed by atoms with van der Waals surface area (Å²) in [6.45, 7) is 7.40. The van der Waals surface area contributed by atoms with Crippen LogP contribution >= 0.6 is 0 Å². The highest BCUT2D eigenvalue weighted by Gasteiger charge is 2.42. The van der Waals surface area contributed by atoms with Crippen molar-refractivity contribution in [1.82, 2.24) is 9.88 Å². The van der Waals surface area contributed by atoms with E-state index in [9.17, 15) is 4.79 Å². The molecule has 1 aromatic heterocycles. The van der Waals surface area contributed by atoms with Crippen LogP contribution in [-0.4, -0.2) is 48.5 Å². The van der Waals surface area contributed by atoms with E-state index in [4.69, 9.17) is 5.73 Å². The molecular weight excluding hydrogens is 360 g/mol.